The molecule has 0 bridgehead atoms. The quantitative estimate of drug-likeness (QED) is 0.579. The molecule has 0 aliphatic heterocycles. The zero-order chi connectivity index (χ0) is 13.7. The number of carbonyl (C=O) groups is 3. The number of hydrogen-bond acceptors (Lipinski definition) is 4. The van der Waals surface area contributed by atoms with Crippen molar-refractivity contribution in [3.8, 4) is 11.3 Å². The Morgan fingerprint density at radius 1 is 1.05 bits per heavy atom. The summed E-state index contributed by atoms with van der Waals surface area (Å²) in [7, 11) is 0. The van der Waals surface area contributed by atoms with Crippen molar-refractivity contribution in [2.75, 3.05) is 0 Å². The van der Waals surface area contributed by atoms with E-state index in [1.54, 1.807) is 31.2 Å². The van der Waals surface area contributed by atoms with E-state index in [1.165, 1.54) is 6.92 Å². The van der Waals surface area contributed by atoms with E-state index in [2.05, 4.69) is 0 Å². The van der Waals surface area contributed by atoms with E-state index in [4.69, 9.17) is 4.42 Å². The minimum atomic E-state index is -0.671. The van der Waals surface area contributed by atoms with Crippen molar-refractivity contribution in [1.82, 2.24) is 0 Å². The zero-order valence-electron chi connectivity index (χ0n) is 10.4. The monoisotopic (exact) mass is 254 g/mol. The molecule has 0 saturated carbocycles. The highest BCUT2D eigenvalue weighted by Crippen LogP contribution is 2.38. The number of Topliss-reactive ketones (excluding diaryl/α,β-unsaturated/α-hetero) is 3. The lowest BCUT2D eigenvalue weighted by Gasteiger charge is -2.13. The number of fused-ring (bicyclic) bond motifs is 3. The van der Waals surface area contributed by atoms with Crippen LogP contribution in [0.15, 0.2) is 28.7 Å². The molecule has 0 N–H and O–H groups in total. The molecule has 4 nitrogen and oxygen atoms in total. The summed E-state index contributed by atoms with van der Waals surface area (Å²) in [5.41, 5.74) is 1.21. The first kappa shape index (κ1) is 11.6. The summed E-state index contributed by atoms with van der Waals surface area (Å²) < 4.78 is 5.55. The van der Waals surface area contributed by atoms with E-state index in [0.717, 1.165) is 0 Å². The highest BCUT2D eigenvalue weighted by Gasteiger charge is 2.37. The van der Waals surface area contributed by atoms with Gasteiger partial charge in [-0.2, -0.15) is 0 Å². The molecule has 0 unspecified atom stereocenters. The third-order valence-electron chi connectivity index (χ3n) is 3.29. The fourth-order valence-corrected chi connectivity index (χ4v) is 2.49. The van der Waals surface area contributed by atoms with Gasteiger partial charge in [-0.15, -0.1) is 0 Å². The molecule has 0 amide bonds. The first-order valence-electron chi connectivity index (χ1n) is 5.85. The van der Waals surface area contributed by atoms with Gasteiger partial charge in [-0.25, -0.2) is 0 Å². The molecule has 0 radical (unpaired) electrons. The standard InChI is InChI=1S/C15H10O4/c1-7(16)11-8(2)19-15-10-6-4-3-5-9(10)13(17)14(18)12(11)15/h3-6H,1-2H3. The molecule has 19 heavy (non-hydrogen) atoms. The van der Waals surface area contributed by atoms with Crippen LogP contribution in [0.25, 0.3) is 11.3 Å². The van der Waals surface area contributed by atoms with Gasteiger partial charge >= 0.3 is 0 Å². The Kier molecular flexibility index (Phi) is 2.29. The number of furan rings is 1. The Labute approximate surface area is 109 Å². The van der Waals surface area contributed by atoms with Gasteiger partial charge in [0.25, 0.3) is 0 Å². The van der Waals surface area contributed by atoms with E-state index in [1.807, 2.05) is 0 Å². The van der Waals surface area contributed by atoms with Crippen LogP contribution in [0, 0.1) is 6.92 Å². The van der Waals surface area contributed by atoms with Gasteiger partial charge in [0, 0.05) is 11.1 Å². The molecular weight excluding hydrogens is 244 g/mol. The second-order valence-electron chi connectivity index (χ2n) is 4.50. The summed E-state index contributed by atoms with van der Waals surface area (Å²) in [6.07, 6.45) is 0. The van der Waals surface area contributed by atoms with Crippen LogP contribution < -0.4 is 0 Å². The van der Waals surface area contributed by atoms with Crippen LogP contribution in [-0.4, -0.2) is 17.3 Å². The fourth-order valence-electron chi connectivity index (χ4n) is 2.49. The van der Waals surface area contributed by atoms with E-state index in [9.17, 15) is 14.4 Å². The maximum absolute atomic E-state index is 12.2. The minimum absolute atomic E-state index is 0.105. The predicted molar refractivity (Wildman–Crippen MR) is 67.5 cm³/mol. The van der Waals surface area contributed by atoms with Crippen molar-refractivity contribution in [3.63, 3.8) is 0 Å². The lowest BCUT2D eigenvalue weighted by Crippen LogP contribution is -2.22. The van der Waals surface area contributed by atoms with Crippen LogP contribution in [0.5, 0.6) is 0 Å². The number of benzene rings is 1. The van der Waals surface area contributed by atoms with Crippen LogP contribution >= 0.6 is 0 Å². The van der Waals surface area contributed by atoms with Crippen molar-refractivity contribution in [1.29, 1.82) is 0 Å². The highest BCUT2D eigenvalue weighted by atomic mass is 16.3. The SMILES string of the molecule is CC(=O)c1c(C)oc2c1C(=O)C(=O)c1ccccc1-2. The van der Waals surface area contributed by atoms with Gasteiger partial charge in [-0.3, -0.25) is 14.4 Å². The first-order chi connectivity index (χ1) is 9.02. The topological polar surface area (TPSA) is 64.3 Å². The Hall–Kier alpha value is -2.49. The van der Waals surface area contributed by atoms with E-state index >= 15 is 0 Å². The molecule has 1 aliphatic rings. The summed E-state index contributed by atoms with van der Waals surface area (Å²) in [6, 6.07) is 6.75. The van der Waals surface area contributed by atoms with Gasteiger partial charge in [-0.05, 0) is 13.8 Å². The second kappa shape index (κ2) is 3.75. The van der Waals surface area contributed by atoms with Crippen LogP contribution in [0.1, 0.15) is 43.8 Å². The van der Waals surface area contributed by atoms with E-state index < -0.39 is 11.6 Å². The maximum atomic E-state index is 12.2. The summed E-state index contributed by atoms with van der Waals surface area (Å²) in [6.45, 7) is 2.98. The molecule has 1 aromatic carbocycles. The normalized spacial score (nSPS) is 13.2. The minimum Gasteiger partial charge on any atom is -0.460 e. The zero-order valence-corrected chi connectivity index (χ0v) is 10.4. The number of rotatable bonds is 1. The molecule has 0 fully saturated rings. The Morgan fingerprint density at radius 3 is 2.32 bits per heavy atom. The Balaban J connectivity index is 2.43. The summed E-state index contributed by atoms with van der Waals surface area (Å²) in [5, 5.41) is 0. The third kappa shape index (κ3) is 1.43. The van der Waals surface area contributed by atoms with Crippen molar-refractivity contribution in [3.05, 3.63) is 46.7 Å². The molecule has 3 rings (SSSR count). The largest absolute Gasteiger partial charge is 0.460 e. The Morgan fingerprint density at radius 2 is 1.68 bits per heavy atom. The van der Waals surface area contributed by atoms with Gasteiger partial charge in [0.05, 0.1) is 11.1 Å². The maximum Gasteiger partial charge on any atom is 0.238 e. The average Bonchev–Trinajstić information content (AvgIpc) is 2.74. The summed E-state index contributed by atoms with van der Waals surface area (Å²) >= 11 is 0. The second-order valence-corrected chi connectivity index (χ2v) is 4.50. The third-order valence-corrected chi connectivity index (χ3v) is 3.29. The molecule has 94 valence electrons. The average molecular weight is 254 g/mol. The molecule has 1 aromatic heterocycles. The van der Waals surface area contributed by atoms with Crippen LogP contribution in [0.3, 0.4) is 0 Å². The van der Waals surface area contributed by atoms with Crippen molar-refractivity contribution in [2.24, 2.45) is 0 Å². The van der Waals surface area contributed by atoms with Gasteiger partial charge < -0.3 is 4.42 Å². The molecule has 2 aromatic rings. The highest BCUT2D eigenvalue weighted by molar-refractivity contribution is 6.53. The van der Waals surface area contributed by atoms with Crippen LogP contribution in [-0.2, 0) is 0 Å². The molecule has 4 heteroatoms. The molecular formula is C15H10O4. The molecule has 1 heterocycles. The van der Waals surface area contributed by atoms with E-state index in [0.29, 0.717) is 22.6 Å². The number of carbonyl (C=O) groups excluding carboxylic acids is 3. The molecule has 0 spiro atoms. The first-order valence-corrected chi connectivity index (χ1v) is 5.85. The lowest BCUT2D eigenvalue weighted by atomic mass is 9.86. The van der Waals surface area contributed by atoms with Gasteiger partial charge in [0.2, 0.25) is 11.6 Å². The van der Waals surface area contributed by atoms with Crippen molar-refractivity contribution < 1.29 is 18.8 Å². The number of aryl methyl sites for hydroxylation is 1. The summed E-state index contributed by atoms with van der Waals surface area (Å²) in [5.74, 6) is -0.844. The summed E-state index contributed by atoms with van der Waals surface area (Å²) in [4.78, 5) is 35.9. The Bertz CT molecular complexity index is 750. The molecule has 0 saturated heterocycles. The smallest absolute Gasteiger partial charge is 0.238 e. The molecule has 0 atom stereocenters. The van der Waals surface area contributed by atoms with Crippen molar-refractivity contribution in [2.45, 2.75) is 13.8 Å². The fraction of sp³-hybridized carbons (Fsp3) is 0.133. The molecule has 1 aliphatic carbocycles. The van der Waals surface area contributed by atoms with Crippen LogP contribution in [0.2, 0.25) is 0 Å². The van der Waals surface area contributed by atoms with Crippen molar-refractivity contribution >= 4 is 17.3 Å². The number of ketones is 3. The van der Waals surface area contributed by atoms with Gasteiger partial charge in [-0.1, -0.05) is 24.3 Å². The lowest BCUT2D eigenvalue weighted by molar-refractivity contribution is 0.0813. The van der Waals surface area contributed by atoms with Gasteiger partial charge in [0.15, 0.2) is 5.78 Å². The number of hydrogen-bond donors (Lipinski definition) is 0. The van der Waals surface area contributed by atoms with E-state index in [-0.39, 0.29) is 16.9 Å². The predicted octanol–water partition coefficient (Wildman–Crippen LogP) is 2.84. The van der Waals surface area contributed by atoms with Gasteiger partial charge in [0.1, 0.15) is 11.5 Å². The van der Waals surface area contributed by atoms with Crippen LogP contribution in [0.4, 0.5) is 0 Å².